The van der Waals surface area contributed by atoms with E-state index >= 15 is 0 Å². The molecule has 1 heterocycles. The number of hydrogen-bond donors (Lipinski definition) is 2. The van der Waals surface area contributed by atoms with Crippen molar-refractivity contribution in [3.05, 3.63) is 17.5 Å². The van der Waals surface area contributed by atoms with Crippen LogP contribution in [-0.2, 0) is 16.0 Å². The number of nitrogens with one attached hydrogen (secondary N) is 2. The molecule has 0 bridgehead atoms. The normalized spacial score (nSPS) is 11.3. The summed E-state index contributed by atoms with van der Waals surface area (Å²) in [4.78, 5) is 4.63. The van der Waals surface area contributed by atoms with Crippen molar-refractivity contribution in [3.63, 3.8) is 0 Å². The first-order valence-electron chi connectivity index (χ1n) is 9.27. The molecule has 152 valence electrons. The number of ether oxygens (including phenoxy) is 2. The molecular weight excluding hydrogens is 445 g/mol. The summed E-state index contributed by atoms with van der Waals surface area (Å²) in [6, 6.07) is 2.11. The second-order valence-corrected chi connectivity index (χ2v) is 6.00. The summed E-state index contributed by atoms with van der Waals surface area (Å²) in [5.74, 6) is 0.885. The van der Waals surface area contributed by atoms with E-state index in [1.54, 1.807) is 7.11 Å². The summed E-state index contributed by atoms with van der Waals surface area (Å²) in [6.45, 7) is 11.8. The minimum Gasteiger partial charge on any atom is -0.382 e. The van der Waals surface area contributed by atoms with Gasteiger partial charge in [-0.15, -0.1) is 24.0 Å². The SMILES string of the molecule is CCNC(=NCCCn1nc(C)cc1C)NCCCCOCCOC.I. The zero-order chi connectivity index (χ0) is 18.3. The summed E-state index contributed by atoms with van der Waals surface area (Å²) in [5, 5.41) is 11.1. The second kappa shape index (κ2) is 16.3. The molecule has 0 unspecified atom stereocenters. The van der Waals surface area contributed by atoms with Crippen LogP contribution in [0.1, 0.15) is 37.6 Å². The van der Waals surface area contributed by atoms with Crippen molar-refractivity contribution >= 4 is 29.9 Å². The number of halogens is 1. The molecule has 0 aliphatic heterocycles. The molecule has 0 atom stereocenters. The highest BCUT2D eigenvalue weighted by Crippen LogP contribution is 2.02. The maximum Gasteiger partial charge on any atom is 0.191 e. The third kappa shape index (κ3) is 11.7. The Kier molecular flexibility index (Phi) is 15.8. The van der Waals surface area contributed by atoms with Crippen LogP contribution in [0, 0.1) is 13.8 Å². The van der Waals surface area contributed by atoms with Gasteiger partial charge in [0.1, 0.15) is 0 Å². The highest BCUT2D eigenvalue weighted by Gasteiger charge is 2.01. The van der Waals surface area contributed by atoms with Gasteiger partial charge in [-0.05, 0) is 46.1 Å². The molecule has 1 rings (SSSR count). The Morgan fingerprint density at radius 2 is 1.96 bits per heavy atom. The van der Waals surface area contributed by atoms with Gasteiger partial charge in [-0.25, -0.2) is 0 Å². The average Bonchev–Trinajstić information content (AvgIpc) is 2.91. The fourth-order valence-electron chi connectivity index (χ4n) is 2.43. The van der Waals surface area contributed by atoms with Crippen LogP contribution in [0.5, 0.6) is 0 Å². The van der Waals surface area contributed by atoms with Crippen LogP contribution in [0.3, 0.4) is 0 Å². The number of rotatable bonds is 13. The third-order valence-corrected chi connectivity index (χ3v) is 3.69. The lowest BCUT2D eigenvalue weighted by molar-refractivity contribution is 0.0689. The number of nitrogens with zero attached hydrogens (tertiary/aromatic N) is 3. The predicted octanol–water partition coefficient (Wildman–Crippen LogP) is 2.51. The van der Waals surface area contributed by atoms with Gasteiger partial charge in [-0.1, -0.05) is 0 Å². The molecular formula is C18H36IN5O2. The largest absolute Gasteiger partial charge is 0.382 e. The molecule has 0 fully saturated rings. The van der Waals surface area contributed by atoms with Gasteiger partial charge in [0.2, 0.25) is 0 Å². The Morgan fingerprint density at radius 3 is 2.62 bits per heavy atom. The Hall–Kier alpha value is -0.870. The highest BCUT2D eigenvalue weighted by molar-refractivity contribution is 14.0. The summed E-state index contributed by atoms with van der Waals surface area (Å²) in [6.07, 6.45) is 3.07. The number of aromatic nitrogens is 2. The van der Waals surface area contributed by atoms with E-state index in [1.165, 1.54) is 5.69 Å². The number of methoxy groups -OCH3 is 1. The van der Waals surface area contributed by atoms with Crippen LogP contribution in [-0.4, -0.2) is 62.3 Å². The van der Waals surface area contributed by atoms with E-state index in [1.807, 2.05) is 6.92 Å². The molecule has 0 saturated carbocycles. The number of hydrogen-bond acceptors (Lipinski definition) is 4. The van der Waals surface area contributed by atoms with Crippen molar-refractivity contribution in [2.45, 2.75) is 46.6 Å². The van der Waals surface area contributed by atoms with E-state index in [0.29, 0.717) is 13.2 Å². The fraction of sp³-hybridized carbons (Fsp3) is 0.778. The van der Waals surface area contributed by atoms with Gasteiger partial charge < -0.3 is 20.1 Å². The van der Waals surface area contributed by atoms with Crippen molar-refractivity contribution in [2.24, 2.45) is 4.99 Å². The van der Waals surface area contributed by atoms with Crippen molar-refractivity contribution in [1.82, 2.24) is 20.4 Å². The van der Waals surface area contributed by atoms with Crippen molar-refractivity contribution in [1.29, 1.82) is 0 Å². The van der Waals surface area contributed by atoms with Gasteiger partial charge in [0.25, 0.3) is 0 Å². The lowest BCUT2D eigenvalue weighted by Gasteiger charge is -2.11. The van der Waals surface area contributed by atoms with Crippen LogP contribution >= 0.6 is 24.0 Å². The Morgan fingerprint density at radius 1 is 1.15 bits per heavy atom. The van der Waals surface area contributed by atoms with Gasteiger partial charge in [0.15, 0.2) is 5.96 Å². The molecule has 0 aromatic carbocycles. The zero-order valence-corrected chi connectivity index (χ0v) is 19.0. The summed E-state index contributed by atoms with van der Waals surface area (Å²) in [7, 11) is 1.69. The topological polar surface area (TPSA) is 72.7 Å². The Labute approximate surface area is 175 Å². The summed E-state index contributed by atoms with van der Waals surface area (Å²) >= 11 is 0. The predicted molar refractivity (Wildman–Crippen MR) is 118 cm³/mol. The molecule has 1 aromatic heterocycles. The van der Waals surface area contributed by atoms with Gasteiger partial charge in [-0.3, -0.25) is 9.67 Å². The van der Waals surface area contributed by atoms with Crippen LogP contribution in [0.4, 0.5) is 0 Å². The number of unbranched alkanes of at least 4 members (excludes halogenated alkanes) is 1. The minimum atomic E-state index is 0. The zero-order valence-electron chi connectivity index (χ0n) is 16.7. The summed E-state index contributed by atoms with van der Waals surface area (Å²) < 4.78 is 12.4. The Bertz CT molecular complexity index is 494. The molecule has 8 heteroatoms. The molecule has 26 heavy (non-hydrogen) atoms. The molecule has 0 radical (unpaired) electrons. The second-order valence-electron chi connectivity index (χ2n) is 6.00. The molecule has 0 spiro atoms. The number of aliphatic imine (C=N–C) groups is 1. The van der Waals surface area contributed by atoms with Gasteiger partial charge in [0.05, 0.1) is 18.9 Å². The van der Waals surface area contributed by atoms with E-state index in [-0.39, 0.29) is 24.0 Å². The van der Waals surface area contributed by atoms with Crippen molar-refractivity contribution in [2.75, 3.05) is 46.6 Å². The van der Waals surface area contributed by atoms with E-state index in [2.05, 4.69) is 45.3 Å². The lowest BCUT2D eigenvalue weighted by Crippen LogP contribution is -2.38. The average molecular weight is 481 g/mol. The molecule has 0 saturated heterocycles. The van der Waals surface area contributed by atoms with Crippen LogP contribution in [0.2, 0.25) is 0 Å². The molecule has 2 N–H and O–H groups in total. The Balaban J connectivity index is 0.00000625. The van der Waals surface area contributed by atoms with E-state index in [0.717, 1.165) is 63.7 Å². The quantitative estimate of drug-likeness (QED) is 0.196. The monoisotopic (exact) mass is 481 g/mol. The highest BCUT2D eigenvalue weighted by atomic mass is 127. The number of aryl methyl sites for hydroxylation is 3. The molecule has 0 aliphatic carbocycles. The maximum atomic E-state index is 5.45. The first-order valence-corrected chi connectivity index (χ1v) is 9.27. The van der Waals surface area contributed by atoms with Crippen molar-refractivity contribution in [3.8, 4) is 0 Å². The molecule has 0 aliphatic rings. The van der Waals surface area contributed by atoms with Gasteiger partial charge in [-0.2, -0.15) is 5.10 Å². The summed E-state index contributed by atoms with van der Waals surface area (Å²) in [5.41, 5.74) is 2.28. The minimum absolute atomic E-state index is 0. The van der Waals surface area contributed by atoms with E-state index in [4.69, 9.17) is 9.47 Å². The standard InChI is InChI=1S/C18H35N5O2.HI/c1-5-19-18(20-9-6-7-12-25-14-13-24-4)21-10-8-11-23-17(3)15-16(2)22-23;/h15H,5-14H2,1-4H3,(H2,19,20,21);1H. The number of guanidine groups is 1. The third-order valence-electron chi connectivity index (χ3n) is 3.69. The van der Waals surface area contributed by atoms with Crippen molar-refractivity contribution < 1.29 is 9.47 Å². The smallest absolute Gasteiger partial charge is 0.191 e. The van der Waals surface area contributed by atoms with E-state index < -0.39 is 0 Å². The molecule has 7 nitrogen and oxygen atoms in total. The van der Waals surface area contributed by atoms with Gasteiger partial charge in [0, 0.05) is 45.6 Å². The fourth-order valence-corrected chi connectivity index (χ4v) is 2.43. The van der Waals surface area contributed by atoms with Crippen LogP contribution < -0.4 is 10.6 Å². The van der Waals surface area contributed by atoms with Gasteiger partial charge >= 0.3 is 0 Å². The molecule has 1 aromatic rings. The van der Waals surface area contributed by atoms with Crippen LogP contribution in [0.25, 0.3) is 0 Å². The van der Waals surface area contributed by atoms with E-state index in [9.17, 15) is 0 Å². The van der Waals surface area contributed by atoms with Crippen LogP contribution in [0.15, 0.2) is 11.1 Å². The lowest BCUT2D eigenvalue weighted by atomic mass is 10.3. The first kappa shape index (κ1) is 25.1. The first-order chi connectivity index (χ1) is 12.2. The maximum absolute atomic E-state index is 5.45. The molecule has 0 amide bonds.